The van der Waals surface area contributed by atoms with Crippen LogP contribution in [-0.2, 0) is 21.2 Å². The van der Waals surface area contributed by atoms with Crippen LogP contribution in [0.25, 0.3) is 0 Å². The van der Waals surface area contributed by atoms with Gasteiger partial charge in [0.1, 0.15) is 10.6 Å². The predicted molar refractivity (Wildman–Crippen MR) is 133 cm³/mol. The van der Waals surface area contributed by atoms with E-state index in [0.29, 0.717) is 12.1 Å². The highest BCUT2D eigenvalue weighted by atomic mass is 32.2. The molecule has 0 aliphatic rings. The molecule has 0 aliphatic carbocycles. The van der Waals surface area contributed by atoms with Crippen LogP contribution in [0, 0.1) is 6.92 Å². The number of benzene rings is 3. The fraction of sp³-hybridized carbons (Fsp3) is 0.240. The Balaban J connectivity index is 1.90. The lowest BCUT2D eigenvalue weighted by Gasteiger charge is -2.23. The number of ether oxygens (including phenoxy) is 1. The lowest BCUT2D eigenvalue weighted by Crippen LogP contribution is -2.39. The maximum atomic E-state index is 13.7. The summed E-state index contributed by atoms with van der Waals surface area (Å²) in [6.45, 7) is 1.66. The maximum Gasteiger partial charge on any atom is 0.247 e. The van der Waals surface area contributed by atoms with Crippen LogP contribution in [0.2, 0.25) is 0 Å². The summed E-state index contributed by atoms with van der Waals surface area (Å²) in [5, 5.41) is 2.86. The minimum Gasteiger partial charge on any atom is -0.495 e. The summed E-state index contributed by atoms with van der Waals surface area (Å²) in [5.41, 5.74) is 2.43. The molecule has 0 saturated carbocycles. The minimum atomic E-state index is -4.00. The van der Waals surface area contributed by atoms with Gasteiger partial charge in [-0.2, -0.15) is 4.31 Å². The third-order valence-electron chi connectivity index (χ3n) is 5.13. The van der Waals surface area contributed by atoms with Crippen molar-refractivity contribution in [2.45, 2.75) is 23.1 Å². The fourth-order valence-corrected chi connectivity index (χ4v) is 5.60. The summed E-state index contributed by atoms with van der Waals surface area (Å²) < 4.78 is 33.9. The van der Waals surface area contributed by atoms with Crippen LogP contribution in [0.1, 0.15) is 11.1 Å². The number of hydrogen-bond acceptors (Lipinski definition) is 5. The first-order valence-corrected chi connectivity index (χ1v) is 13.1. The number of thioether (sulfide) groups is 1. The van der Waals surface area contributed by atoms with Crippen LogP contribution in [0.4, 0.5) is 5.69 Å². The van der Waals surface area contributed by atoms with Crippen LogP contribution < -0.4 is 10.1 Å². The average Bonchev–Trinajstić information content (AvgIpc) is 2.82. The van der Waals surface area contributed by atoms with E-state index in [1.54, 1.807) is 24.3 Å². The molecule has 0 spiro atoms. The molecule has 0 heterocycles. The van der Waals surface area contributed by atoms with Crippen LogP contribution in [0.5, 0.6) is 5.75 Å². The molecule has 1 N–H and O–H groups in total. The van der Waals surface area contributed by atoms with E-state index >= 15 is 0 Å². The van der Waals surface area contributed by atoms with Gasteiger partial charge in [0.25, 0.3) is 0 Å². The van der Waals surface area contributed by atoms with Gasteiger partial charge in [-0.1, -0.05) is 48.5 Å². The first-order chi connectivity index (χ1) is 15.8. The zero-order valence-electron chi connectivity index (χ0n) is 18.9. The number of carbonyl (C=O) groups is 1. The molecule has 0 atom stereocenters. The lowest BCUT2D eigenvalue weighted by molar-refractivity contribution is -0.116. The number of nitrogens with one attached hydrogen (secondary N) is 1. The Kier molecular flexibility index (Phi) is 8.55. The van der Waals surface area contributed by atoms with Crippen molar-refractivity contribution in [2.75, 3.05) is 31.8 Å². The molecule has 3 aromatic rings. The highest BCUT2D eigenvalue weighted by molar-refractivity contribution is 7.98. The quantitative estimate of drug-likeness (QED) is 0.426. The zero-order valence-corrected chi connectivity index (χ0v) is 20.6. The summed E-state index contributed by atoms with van der Waals surface area (Å²) >= 11 is 1.51. The van der Waals surface area contributed by atoms with Crippen LogP contribution >= 0.6 is 11.8 Å². The molecule has 0 fully saturated rings. The topological polar surface area (TPSA) is 75.7 Å². The van der Waals surface area contributed by atoms with Crippen molar-refractivity contribution < 1.29 is 17.9 Å². The molecule has 0 bridgehead atoms. The molecular weight excluding hydrogens is 456 g/mol. The summed E-state index contributed by atoms with van der Waals surface area (Å²) in [4.78, 5) is 13.9. The molecule has 6 nitrogen and oxygen atoms in total. The zero-order chi connectivity index (χ0) is 23.8. The van der Waals surface area contributed by atoms with E-state index < -0.39 is 15.9 Å². The van der Waals surface area contributed by atoms with Crippen molar-refractivity contribution in [1.29, 1.82) is 0 Å². The van der Waals surface area contributed by atoms with E-state index in [-0.39, 0.29) is 23.7 Å². The average molecular weight is 485 g/mol. The van der Waals surface area contributed by atoms with Crippen molar-refractivity contribution in [3.8, 4) is 5.75 Å². The molecule has 0 radical (unpaired) electrons. The van der Waals surface area contributed by atoms with E-state index in [4.69, 9.17) is 4.74 Å². The number of hydrogen-bond donors (Lipinski definition) is 1. The minimum absolute atomic E-state index is 0.0513. The molecule has 0 aliphatic heterocycles. The highest BCUT2D eigenvalue weighted by Crippen LogP contribution is 2.29. The molecule has 0 unspecified atom stereocenters. The van der Waals surface area contributed by atoms with E-state index in [1.807, 2.05) is 61.7 Å². The Bertz CT molecular complexity index is 1200. The highest BCUT2D eigenvalue weighted by Gasteiger charge is 2.29. The molecule has 174 valence electrons. The van der Waals surface area contributed by atoms with Crippen molar-refractivity contribution >= 4 is 33.4 Å². The molecule has 33 heavy (non-hydrogen) atoms. The second kappa shape index (κ2) is 11.4. The van der Waals surface area contributed by atoms with Gasteiger partial charge in [-0.3, -0.25) is 4.79 Å². The largest absolute Gasteiger partial charge is 0.495 e. The summed E-state index contributed by atoms with van der Waals surface area (Å²) in [6.07, 6.45) is 2.40. The number of sulfonamides is 1. The monoisotopic (exact) mass is 484 g/mol. The van der Waals surface area contributed by atoms with Gasteiger partial charge in [0, 0.05) is 11.4 Å². The molecule has 0 aromatic heterocycles. The number of methoxy groups -OCH3 is 1. The number of para-hydroxylation sites is 1. The van der Waals surface area contributed by atoms with Gasteiger partial charge in [-0.05, 0) is 55.0 Å². The van der Waals surface area contributed by atoms with Gasteiger partial charge < -0.3 is 10.1 Å². The Hall–Kier alpha value is -2.81. The van der Waals surface area contributed by atoms with E-state index in [0.717, 1.165) is 16.0 Å². The van der Waals surface area contributed by atoms with Crippen molar-refractivity contribution in [1.82, 2.24) is 4.31 Å². The fourth-order valence-electron chi connectivity index (χ4n) is 3.41. The first kappa shape index (κ1) is 24.8. The molecule has 1 amide bonds. The first-order valence-electron chi connectivity index (χ1n) is 10.5. The third kappa shape index (κ3) is 6.37. The number of rotatable bonds is 10. The van der Waals surface area contributed by atoms with Gasteiger partial charge in [0.15, 0.2) is 0 Å². The van der Waals surface area contributed by atoms with E-state index in [2.05, 4.69) is 5.32 Å². The van der Waals surface area contributed by atoms with Gasteiger partial charge >= 0.3 is 0 Å². The normalized spacial score (nSPS) is 11.4. The summed E-state index contributed by atoms with van der Waals surface area (Å²) in [7, 11) is -2.56. The van der Waals surface area contributed by atoms with Crippen LogP contribution in [0.15, 0.2) is 82.6 Å². The van der Waals surface area contributed by atoms with Crippen LogP contribution in [0.3, 0.4) is 0 Å². The van der Waals surface area contributed by atoms with Gasteiger partial charge in [-0.25, -0.2) is 8.42 Å². The molecular formula is C25H28N2O4S2. The SMILES string of the molecule is COc1ccc(C)cc1S(=O)(=O)N(CCc1ccccc1)CC(=O)Nc1ccccc1SC. The Morgan fingerprint density at radius 1 is 1.03 bits per heavy atom. The Labute approximate surface area is 200 Å². The standard InChI is InChI=1S/C25H28N2O4S2/c1-19-13-14-22(31-2)24(17-19)33(29,30)27(16-15-20-9-5-4-6-10-20)18-25(28)26-21-11-7-8-12-23(21)32-3/h4-14,17H,15-16,18H2,1-3H3,(H,26,28). The number of aryl methyl sites for hydroxylation is 1. The number of anilines is 1. The van der Waals surface area contributed by atoms with Gasteiger partial charge in [-0.15, -0.1) is 11.8 Å². The molecule has 3 aromatic carbocycles. The predicted octanol–water partition coefficient (Wildman–Crippen LogP) is 4.60. The number of carbonyl (C=O) groups excluding carboxylic acids is 1. The molecule has 8 heteroatoms. The van der Waals surface area contributed by atoms with Crippen molar-refractivity contribution in [3.63, 3.8) is 0 Å². The van der Waals surface area contributed by atoms with Gasteiger partial charge in [0.05, 0.1) is 19.3 Å². The second-order valence-electron chi connectivity index (χ2n) is 7.48. The smallest absolute Gasteiger partial charge is 0.247 e. The molecule has 0 saturated heterocycles. The van der Waals surface area contributed by atoms with Gasteiger partial charge in [0.2, 0.25) is 15.9 Å². The van der Waals surface area contributed by atoms with Crippen molar-refractivity contribution in [2.24, 2.45) is 0 Å². The number of amides is 1. The van der Waals surface area contributed by atoms with E-state index in [9.17, 15) is 13.2 Å². The maximum absolute atomic E-state index is 13.7. The summed E-state index contributed by atoms with van der Waals surface area (Å²) in [6, 6.07) is 22.0. The Morgan fingerprint density at radius 2 is 1.73 bits per heavy atom. The number of nitrogens with zero attached hydrogens (tertiary/aromatic N) is 1. The lowest BCUT2D eigenvalue weighted by atomic mass is 10.1. The second-order valence-corrected chi connectivity index (χ2v) is 10.2. The third-order valence-corrected chi connectivity index (χ3v) is 7.79. The summed E-state index contributed by atoms with van der Waals surface area (Å²) in [5.74, 6) is -0.154. The van der Waals surface area contributed by atoms with E-state index in [1.165, 1.54) is 23.2 Å². The Morgan fingerprint density at radius 3 is 2.42 bits per heavy atom. The molecule has 3 rings (SSSR count). The van der Waals surface area contributed by atoms with Crippen LogP contribution in [-0.4, -0.2) is 45.1 Å². The van der Waals surface area contributed by atoms with Crippen molar-refractivity contribution in [3.05, 3.63) is 83.9 Å².